The van der Waals surface area contributed by atoms with Gasteiger partial charge in [0.05, 0.1) is 25.7 Å². The summed E-state index contributed by atoms with van der Waals surface area (Å²) in [5.41, 5.74) is 3.15. The summed E-state index contributed by atoms with van der Waals surface area (Å²) in [4.78, 5) is 38.0. The van der Waals surface area contributed by atoms with Gasteiger partial charge < -0.3 is 19.5 Å². The van der Waals surface area contributed by atoms with E-state index in [2.05, 4.69) is 19.2 Å². The van der Waals surface area contributed by atoms with Gasteiger partial charge in [0.2, 0.25) is 0 Å². The summed E-state index contributed by atoms with van der Waals surface area (Å²) in [6.45, 7) is 6.05. The minimum atomic E-state index is -0.593. The maximum absolute atomic E-state index is 12.5. The molecule has 1 aliphatic carbocycles. The molecule has 0 fully saturated rings. The van der Waals surface area contributed by atoms with Crippen molar-refractivity contribution < 1.29 is 28.6 Å². The maximum atomic E-state index is 12.5. The fraction of sp³-hybridized carbons (Fsp3) is 0.435. The first-order valence-electron chi connectivity index (χ1n) is 10.1. The van der Waals surface area contributed by atoms with Crippen LogP contribution in [0.25, 0.3) is 0 Å². The standard InChI is InChI=1S/C23H27NO6S/c1-12(2)15-7-6-14(10-13(15)3)30-11-18(25)24-21-20(23(27)29-5)19-16(22(26)28-4)8-9-17(19)31-21/h6-7,10,12,16H,8-9,11H2,1-5H3,(H,24,25)/t16-/m1/s1. The molecule has 0 spiro atoms. The average Bonchev–Trinajstić information content (AvgIpc) is 3.29. The number of aryl methyl sites for hydroxylation is 2. The number of hydrogen-bond acceptors (Lipinski definition) is 7. The summed E-state index contributed by atoms with van der Waals surface area (Å²) in [6, 6.07) is 5.75. The summed E-state index contributed by atoms with van der Waals surface area (Å²) >= 11 is 1.29. The highest BCUT2D eigenvalue weighted by atomic mass is 32.1. The summed E-state index contributed by atoms with van der Waals surface area (Å²) in [7, 11) is 2.59. The second-order valence-corrected chi connectivity index (χ2v) is 8.86. The first-order valence-corrected chi connectivity index (χ1v) is 10.9. The number of benzene rings is 1. The topological polar surface area (TPSA) is 90.9 Å². The number of carbonyl (C=O) groups is 3. The van der Waals surface area contributed by atoms with E-state index in [0.29, 0.717) is 35.1 Å². The van der Waals surface area contributed by atoms with Gasteiger partial charge in [-0.25, -0.2) is 4.79 Å². The highest BCUT2D eigenvalue weighted by Gasteiger charge is 2.38. The molecular formula is C23H27NO6S. The zero-order chi connectivity index (χ0) is 22.7. The quantitative estimate of drug-likeness (QED) is 0.643. The van der Waals surface area contributed by atoms with Crippen LogP contribution in [-0.4, -0.2) is 38.7 Å². The molecule has 8 heteroatoms. The van der Waals surface area contributed by atoms with Gasteiger partial charge in [-0.2, -0.15) is 0 Å². The van der Waals surface area contributed by atoms with Crippen LogP contribution in [0.1, 0.15) is 64.0 Å². The average molecular weight is 446 g/mol. The van der Waals surface area contributed by atoms with E-state index in [1.54, 1.807) is 0 Å². The predicted molar refractivity (Wildman–Crippen MR) is 118 cm³/mol. The van der Waals surface area contributed by atoms with Crippen LogP contribution in [0.5, 0.6) is 5.75 Å². The van der Waals surface area contributed by atoms with E-state index in [9.17, 15) is 14.4 Å². The Morgan fingerprint density at radius 3 is 2.55 bits per heavy atom. The van der Waals surface area contributed by atoms with Crippen molar-refractivity contribution in [1.82, 2.24) is 0 Å². The summed E-state index contributed by atoms with van der Waals surface area (Å²) < 4.78 is 15.4. The SMILES string of the molecule is COC(=O)c1c(NC(=O)COc2ccc(C(C)C)c(C)c2)sc2c1[C@H](C(=O)OC)CC2. The van der Waals surface area contributed by atoms with E-state index in [1.807, 2.05) is 25.1 Å². The first-order chi connectivity index (χ1) is 14.8. The Morgan fingerprint density at radius 1 is 1.19 bits per heavy atom. The lowest BCUT2D eigenvalue weighted by atomic mass is 9.98. The molecule has 0 aliphatic heterocycles. The van der Waals surface area contributed by atoms with Crippen LogP contribution in [0, 0.1) is 6.92 Å². The van der Waals surface area contributed by atoms with Gasteiger partial charge in [0, 0.05) is 4.88 Å². The van der Waals surface area contributed by atoms with Crippen LogP contribution < -0.4 is 10.1 Å². The highest BCUT2D eigenvalue weighted by Crippen LogP contribution is 2.45. The van der Waals surface area contributed by atoms with E-state index in [4.69, 9.17) is 14.2 Å². The molecule has 31 heavy (non-hydrogen) atoms. The minimum Gasteiger partial charge on any atom is -0.484 e. The highest BCUT2D eigenvalue weighted by molar-refractivity contribution is 7.17. The molecule has 2 aromatic rings. The van der Waals surface area contributed by atoms with E-state index < -0.39 is 23.8 Å². The first kappa shape index (κ1) is 22.8. The molecule has 1 aromatic heterocycles. The van der Waals surface area contributed by atoms with Crippen molar-refractivity contribution in [3.05, 3.63) is 45.3 Å². The molecular weight excluding hydrogens is 418 g/mol. The van der Waals surface area contributed by atoms with Crippen LogP contribution >= 0.6 is 11.3 Å². The van der Waals surface area contributed by atoms with Crippen LogP contribution in [0.3, 0.4) is 0 Å². The third-order valence-corrected chi connectivity index (χ3v) is 6.57. The van der Waals surface area contributed by atoms with Crippen molar-refractivity contribution >= 4 is 34.2 Å². The van der Waals surface area contributed by atoms with Crippen molar-refractivity contribution in [3.63, 3.8) is 0 Å². The van der Waals surface area contributed by atoms with Crippen molar-refractivity contribution in [1.29, 1.82) is 0 Å². The second kappa shape index (κ2) is 9.51. The summed E-state index contributed by atoms with van der Waals surface area (Å²) in [5, 5.41) is 3.11. The molecule has 1 aliphatic rings. The monoisotopic (exact) mass is 445 g/mol. The van der Waals surface area contributed by atoms with Crippen LogP contribution in [0.15, 0.2) is 18.2 Å². The summed E-state index contributed by atoms with van der Waals surface area (Å²) in [6.07, 6.45) is 1.21. The number of thiophene rings is 1. The molecule has 166 valence electrons. The lowest BCUT2D eigenvalue weighted by molar-refractivity contribution is -0.142. The molecule has 0 saturated carbocycles. The van der Waals surface area contributed by atoms with Gasteiger partial charge in [0.15, 0.2) is 6.61 Å². The third-order valence-electron chi connectivity index (χ3n) is 5.39. The van der Waals surface area contributed by atoms with E-state index in [0.717, 1.165) is 10.4 Å². The summed E-state index contributed by atoms with van der Waals surface area (Å²) in [5.74, 6) is -0.916. The van der Waals surface area contributed by atoms with Gasteiger partial charge in [-0.15, -0.1) is 11.3 Å². The third kappa shape index (κ3) is 4.74. The Morgan fingerprint density at radius 2 is 1.94 bits per heavy atom. The smallest absolute Gasteiger partial charge is 0.341 e. The number of esters is 2. The number of hydrogen-bond donors (Lipinski definition) is 1. The van der Waals surface area contributed by atoms with Crippen LogP contribution in [-0.2, 0) is 25.5 Å². The normalized spacial score (nSPS) is 14.8. The fourth-order valence-electron chi connectivity index (χ4n) is 3.93. The molecule has 0 bridgehead atoms. The number of fused-ring (bicyclic) bond motifs is 1. The zero-order valence-electron chi connectivity index (χ0n) is 18.4. The Bertz CT molecular complexity index is 1010. The van der Waals surface area contributed by atoms with Crippen molar-refractivity contribution in [2.45, 2.75) is 45.4 Å². The Kier molecular flexibility index (Phi) is 7.00. The number of rotatable bonds is 7. The molecule has 1 amide bonds. The van der Waals surface area contributed by atoms with Gasteiger partial charge >= 0.3 is 11.9 Å². The largest absolute Gasteiger partial charge is 0.484 e. The zero-order valence-corrected chi connectivity index (χ0v) is 19.2. The molecule has 1 atom stereocenters. The fourth-order valence-corrected chi connectivity index (χ4v) is 5.21. The number of ether oxygens (including phenoxy) is 3. The molecule has 0 radical (unpaired) electrons. The number of nitrogens with one attached hydrogen (secondary N) is 1. The van der Waals surface area contributed by atoms with E-state index in [-0.39, 0.29) is 12.2 Å². The van der Waals surface area contributed by atoms with Crippen molar-refractivity contribution in [2.24, 2.45) is 0 Å². The van der Waals surface area contributed by atoms with E-state index in [1.165, 1.54) is 31.1 Å². The van der Waals surface area contributed by atoms with Gasteiger partial charge in [-0.1, -0.05) is 19.9 Å². The Balaban J connectivity index is 1.75. The van der Waals surface area contributed by atoms with Gasteiger partial charge in [0.25, 0.3) is 5.91 Å². The number of methoxy groups -OCH3 is 2. The van der Waals surface area contributed by atoms with Crippen LogP contribution in [0.4, 0.5) is 5.00 Å². The van der Waals surface area contributed by atoms with E-state index >= 15 is 0 Å². The minimum absolute atomic E-state index is 0.204. The molecule has 7 nitrogen and oxygen atoms in total. The van der Waals surface area contributed by atoms with Crippen molar-refractivity contribution in [3.8, 4) is 5.75 Å². The predicted octanol–water partition coefficient (Wildman–Crippen LogP) is 4.19. The number of amides is 1. The lowest BCUT2D eigenvalue weighted by Gasteiger charge is -2.13. The number of anilines is 1. The second-order valence-electron chi connectivity index (χ2n) is 7.76. The molecule has 0 unspecified atom stereocenters. The molecule has 1 heterocycles. The molecule has 1 aromatic carbocycles. The molecule has 3 rings (SSSR count). The molecule has 1 N–H and O–H groups in total. The lowest BCUT2D eigenvalue weighted by Crippen LogP contribution is -2.22. The van der Waals surface area contributed by atoms with Gasteiger partial charge in [0.1, 0.15) is 10.8 Å². The van der Waals surface area contributed by atoms with Crippen LogP contribution in [0.2, 0.25) is 0 Å². The maximum Gasteiger partial charge on any atom is 0.341 e. The molecule has 0 saturated heterocycles. The van der Waals surface area contributed by atoms with Crippen molar-refractivity contribution in [2.75, 3.05) is 26.1 Å². The Hall–Kier alpha value is -2.87. The number of carbonyl (C=O) groups excluding carboxylic acids is 3. The van der Waals surface area contributed by atoms with Gasteiger partial charge in [-0.05, 0) is 54.5 Å². The Labute approximate surface area is 185 Å². The van der Waals surface area contributed by atoms with Gasteiger partial charge in [-0.3, -0.25) is 9.59 Å².